The Morgan fingerprint density at radius 1 is 0.634 bits per heavy atom. The molecule has 0 saturated heterocycles. The molecule has 2 aliphatic heterocycles. The largest absolute Gasteiger partial charge is 0.481 e. The molecule has 7 heteroatoms. The fourth-order valence-electron chi connectivity index (χ4n) is 5.89. The van der Waals surface area contributed by atoms with Crippen LogP contribution in [0, 0.1) is 6.92 Å². The average molecular weight is 585 g/mol. The van der Waals surface area contributed by atoms with Crippen LogP contribution >= 0.6 is 15.8 Å². The molecule has 212 valence electrons. The highest BCUT2D eigenvalue weighted by molar-refractivity contribution is 7.69. The van der Waals surface area contributed by atoms with Crippen LogP contribution < -0.4 is 24.8 Å². The molecule has 5 nitrogen and oxygen atoms in total. The normalized spacial score (nSPS) is 21.6. The van der Waals surface area contributed by atoms with Gasteiger partial charge in [0.1, 0.15) is 11.5 Å². The summed E-state index contributed by atoms with van der Waals surface area (Å²) >= 11 is 0. The SMILES string of the molecule is COc1cccc([C@@H]2Oc3cccc(-c4cccc5c4[P@@](C(C)(C)C)[C@H](c4cccc(C)n4)O5)c3[P@@]2C(C)(C)C)n1. The van der Waals surface area contributed by atoms with Gasteiger partial charge in [-0.25, -0.2) is 4.98 Å². The average Bonchev–Trinajstić information content (AvgIpc) is 3.53. The summed E-state index contributed by atoms with van der Waals surface area (Å²) in [4.78, 5) is 9.74. The van der Waals surface area contributed by atoms with Crippen LogP contribution in [0.1, 0.15) is 70.3 Å². The number of aryl methyl sites for hydroxylation is 1. The van der Waals surface area contributed by atoms with Crippen LogP contribution in [0.5, 0.6) is 17.4 Å². The maximum absolute atomic E-state index is 6.80. The van der Waals surface area contributed by atoms with Crippen LogP contribution in [0.15, 0.2) is 72.8 Å². The van der Waals surface area contributed by atoms with Gasteiger partial charge in [0.25, 0.3) is 0 Å². The van der Waals surface area contributed by atoms with Gasteiger partial charge in [0, 0.05) is 22.4 Å². The summed E-state index contributed by atoms with van der Waals surface area (Å²) in [5.74, 6) is 2.28. The predicted octanol–water partition coefficient (Wildman–Crippen LogP) is 8.45. The monoisotopic (exact) mass is 584 g/mol. The summed E-state index contributed by atoms with van der Waals surface area (Å²) in [6.07, 6.45) is 0. The molecule has 0 amide bonds. The van der Waals surface area contributed by atoms with Gasteiger partial charge in [-0.2, -0.15) is 0 Å². The molecule has 0 aliphatic carbocycles. The van der Waals surface area contributed by atoms with Crippen molar-refractivity contribution in [3.05, 3.63) is 89.9 Å². The standard InChI is InChI=1S/C34H38N2O3P2/c1-21-13-9-16-24(35-21)31-38-26-18-10-14-22(29(26)40(31)33(2,3)4)23-15-11-19-27-30(23)41(34(5,6)7)32(39-27)25-17-12-20-28(36-25)37-8/h9-20,31-32H,1-8H3/t31-,32-,40-,41-/m1/s1. The van der Waals surface area contributed by atoms with Gasteiger partial charge >= 0.3 is 0 Å². The van der Waals surface area contributed by atoms with E-state index in [9.17, 15) is 0 Å². The molecular weight excluding hydrogens is 546 g/mol. The minimum atomic E-state index is -0.798. The van der Waals surface area contributed by atoms with Gasteiger partial charge in [0.15, 0.2) is 11.7 Å². The quantitative estimate of drug-likeness (QED) is 0.225. The molecule has 0 unspecified atom stereocenters. The molecule has 0 saturated carbocycles. The number of methoxy groups -OCH3 is 1. The van der Waals surface area contributed by atoms with E-state index in [2.05, 4.69) is 96.1 Å². The molecular formula is C34H38N2O3P2. The van der Waals surface area contributed by atoms with Gasteiger partial charge in [-0.05, 0) is 74.5 Å². The maximum Gasteiger partial charge on any atom is 0.213 e. The fourth-order valence-corrected chi connectivity index (χ4v) is 12.0. The van der Waals surface area contributed by atoms with Crippen LogP contribution in [0.4, 0.5) is 0 Å². The van der Waals surface area contributed by atoms with Gasteiger partial charge < -0.3 is 14.2 Å². The van der Waals surface area contributed by atoms with Gasteiger partial charge in [-0.3, -0.25) is 4.98 Å². The van der Waals surface area contributed by atoms with Crippen LogP contribution in [0.25, 0.3) is 11.1 Å². The van der Waals surface area contributed by atoms with Crippen molar-refractivity contribution in [2.45, 2.75) is 70.5 Å². The number of pyridine rings is 2. The van der Waals surface area contributed by atoms with E-state index in [-0.39, 0.29) is 22.0 Å². The molecule has 0 N–H and O–H groups in total. The van der Waals surface area contributed by atoms with E-state index in [0.717, 1.165) is 28.6 Å². The summed E-state index contributed by atoms with van der Waals surface area (Å²) in [5, 5.41) is 2.61. The van der Waals surface area contributed by atoms with E-state index in [1.165, 1.54) is 21.7 Å². The molecule has 2 aliphatic rings. The number of fused-ring (bicyclic) bond motifs is 2. The first-order valence-corrected chi connectivity index (χ1v) is 16.9. The Bertz CT molecular complexity index is 1610. The maximum atomic E-state index is 6.80. The van der Waals surface area contributed by atoms with Crippen molar-refractivity contribution in [2.75, 3.05) is 7.11 Å². The van der Waals surface area contributed by atoms with Crippen LogP contribution in [-0.4, -0.2) is 27.4 Å². The molecule has 41 heavy (non-hydrogen) atoms. The molecule has 6 rings (SSSR count). The second kappa shape index (κ2) is 10.4. The summed E-state index contributed by atoms with van der Waals surface area (Å²) in [6.45, 7) is 16.0. The van der Waals surface area contributed by atoms with E-state index < -0.39 is 15.8 Å². The van der Waals surface area contributed by atoms with Gasteiger partial charge in [0.05, 0.1) is 18.5 Å². The number of rotatable bonds is 4. The molecule has 0 spiro atoms. The molecule has 4 atom stereocenters. The lowest BCUT2D eigenvalue weighted by molar-refractivity contribution is 0.292. The van der Waals surface area contributed by atoms with Gasteiger partial charge in [-0.1, -0.05) is 77.9 Å². The van der Waals surface area contributed by atoms with Crippen molar-refractivity contribution in [3.63, 3.8) is 0 Å². The van der Waals surface area contributed by atoms with Crippen molar-refractivity contribution < 1.29 is 14.2 Å². The zero-order valence-corrected chi connectivity index (χ0v) is 26.9. The number of hydrogen-bond donors (Lipinski definition) is 0. The Hall–Kier alpha value is -3.00. The van der Waals surface area contributed by atoms with E-state index in [1.54, 1.807) is 7.11 Å². The zero-order valence-electron chi connectivity index (χ0n) is 25.1. The molecule has 4 aromatic rings. The highest BCUT2D eigenvalue weighted by Crippen LogP contribution is 2.68. The third kappa shape index (κ3) is 5.02. The third-order valence-electron chi connectivity index (χ3n) is 7.53. The smallest absolute Gasteiger partial charge is 0.213 e. The second-order valence-electron chi connectivity index (χ2n) is 12.6. The lowest BCUT2D eigenvalue weighted by Gasteiger charge is -2.34. The molecule has 2 aromatic carbocycles. The molecule has 0 radical (unpaired) electrons. The van der Waals surface area contributed by atoms with Crippen molar-refractivity contribution in [2.24, 2.45) is 0 Å². The highest BCUT2D eigenvalue weighted by atomic mass is 31.1. The van der Waals surface area contributed by atoms with E-state index in [0.29, 0.717) is 5.88 Å². The van der Waals surface area contributed by atoms with Gasteiger partial charge in [-0.15, -0.1) is 0 Å². The third-order valence-corrected chi connectivity index (χ3v) is 14.0. The first-order valence-electron chi connectivity index (χ1n) is 14.1. The Kier molecular flexibility index (Phi) is 7.12. The molecule has 0 fully saturated rings. The number of aromatic nitrogens is 2. The zero-order chi connectivity index (χ0) is 29.1. The highest BCUT2D eigenvalue weighted by Gasteiger charge is 2.48. The van der Waals surface area contributed by atoms with Crippen molar-refractivity contribution in [3.8, 4) is 28.5 Å². The number of hydrogen-bond acceptors (Lipinski definition) is 5. The summed E-state index contributed by atoms with van der Waals surface area (Å²) in [7, 11) is 0.105. The predicted molar refractivity (Wildman–Crippen MR) is 171 cm³/mol. The van der Waals surface area contributed by atoms with E-state index >= 15 is 0 Å². The second-order valence-corrected chi connectivity index (χ2v) is 18.6. The lowest BCUT2D eigenvalue weighted by Crippen LogP contribution is -2.24. The van der Waals surface area contributed by atoms with Crippen LogP contribution in [0.2, 0.25) is 0 Å². The first kappa shape index (κ1) is 28.1. The Labute approximate surface area is 246 Å². The van der Waals surface area contributed by atoms with Crippen molar-refractivity contribution in [1.82, 2.24) is 9.97 Å². The number of ether oxygens (including phenoxy) is 3. The Morgan fingerprint density at radius 3 is 1.56 bits per heavy atom. The topological polar surface area (TPSA) is 53.5 Å². The van der Waals surface area contributed by atoms with Crippen LogP contribution in [-0.2, 0) is 0 Å². The summed E-state index contributed by atoms with van der Waals surface area (Å²) < 4.78 is 19.1. The number of nitrogens with zero attached hydrogens (tertiary/aromatic N) is 2. The van der Waals surface area contributed by atoms with E-state index in [4.69, 9.17) is 24.2 Å². The summed E-state index contributed by atoms with van der Waals surface area (Å²) in [5.41, 5.74) is 5.42. The van der Waals surface area contributed by atoms with Crippen molar-refractivity contribution in [1.29, 1.82) is 0 Å². The molecule has 2 aromatic heterocycles. The van der Waals surface area contributed by atoms with Gasteiger partial charge in [0.2, 0.25) is 5.88 Å². The molecule has 4 heterocycles. The minimum absolute atomic E-state index is 0.00302. The van der Waals surface area contributed by atoms with Crippen molar-refractivity contribution >= 4 is 26.5 Å². The summed E-state index contributed by atoms with van der Waals surface area (Å²) in [6, 6.07) is 25.3. The fraction of sp³-hybridized carbons (Fsp3) is 0.353. The first-order chi connectivity index (χ1) is 19.5. The van der Waals surface area contributed by atoms with Crippen LogP contribution in [0.3, 0.4) is 0 Å². The Morgan fingerprint density at radius 2 is 1.10 bits per heavy atom. The van der Waals surface area contributed by atoms with E-state index in [1.807, 2.05) is 25.1 Å². The number of benzene rings is 2. The molecule has 0 bridgehead atoms. The lowest BCUT2D eigenvalue weighted by atomic mass is 10.0. The minimum Gasteiger partial charge on any atom is -0.481 e. The Balaban J connectivity index is 1.53.